The molecule has 0 aliphatic carbocycles. The second-order valence-corrected chi connectivity index (χ2v) is 4.95. The zero-order chi connectivity index (χ0) is 13.5. The van der Waals surface area contributed by atoms with Gasteiger partial charge in [0.15, 0.2) is 0 Å². The van der Waals surface area contributed by atoms with Gasteiger partial charge in [-0.1, -0.05) is 44.2 Å². The van der Waals surface area contributed by atoms with Crippen LogP contribution < -0.4 is 5.32 Å². The number of nitrogens with one attached hydrogen (secondary N) is 1. The lowest BCUT2D eigenvalue weighted by molar-refractivity contribution is -0.125. The molecule has 1 atom stereocenters. The molecule has 0 saturated heterocycles. The predicted molar refractivity (Wildman–Crippen MR) is 72.4 cm³/mol. The van der Waals surface area contributed by atoms with Crippen molar-refractivity contribution in [3.8, 4) is 0 Å². The molecule has 1 N–H and O–H groups in total. The van der Waals surface area contributed by atoms with Crippen molar-refractivity contribution in [2.24, 2.45) is 5.92 Å². The molecule has 1 aromatic rings. The summed E-state index contributed by atoms with van der Waals surface area (Å²) in [5.74, 6) is -0.151. The first kappa shape index (κ1) is 14.7. The van der Waals surface area contributed by atoms with Crippen LogP contribution >= 0.6 is 11.6 Å². The average Bonchev–Trinajstić information content (AvgIpc) is 2.34. The first-order valence-corrected chi connectivity index (χ1v) is 6.41. The van der Waals surface area contributed by atoms with E-state index in [1.165, 1.54) is 0 Å². The Labute approximate surface area is 113 Å². The zero-order valence-electron chi connectivity index (χ0n) is 10.7. The Hall–Kier alpha value is -1.35. The highest BCUT2D eigenvalue weighted by molar-refractivity contribution is 6.64. The summed E-state index contributed by atoms with van der Waals surface area (Å²) < 4.78 is 0. The van der Waals surface area contributed by atoms with Crippen molar-refractivity contribution >= 4 is 22.8 Å². The third kappa shape index (κ3) is 4.88. The van der Waals surface area contributed by atoms with Crippen LogP contribution in [-0.2, 0) is 16.0 Å². The first-order chi connectivity index (χ1) is 8.50. The molecule has 1 rings (SSSR count). The van der Waals surface area contributed by atoms with Gasteiger partial charge in [-0.05, 0) is 29.5 Å². The van der Waals surface area contributed by atoms with E-state index in [-0.39, 0.29) is 11.8 Å². The topological polar surface area (TPSA) is 46.2 Å². The molecule has 18 heavy (non-hydrogen) atoms. The molecule has 0 spiro atoms. The number of halogens is 1. The summed E-state index contributed by atoms with van der Waals surface area (Å²) in [6.07, 6.45) is 1.02. The van der Waals surface area contributed by atoms with Crippen LogP contribution in [0.2, 0.25) is 0 Å². The van der Waals surface area contributed by atoms with Crippen molar-refractivity contribution in [3.63, 3.8) is 0 Å². The Balaban J connectivity index is 2.44. The highest BCUT2D eigenvalue weighted by atomic mass is 35.5. The average molecular weight is 268 g/mol. The summed E-state index contributed by atoms with van der Waals surface area (Å²) in [6, 6.07) is 9.15. The molecule has 0 bridgehead atoms. The maximum absolute atomic E-state index is 11.7. The van der Waals surface area contributed by atoms with Gasteiger partial charge in [0.05, 0.1) is 0 Å². The molecule has 1 unspecified atom stereocenters. The van der Waals surface area contributed by atoms with Gasteiger partial charge in [-0.25, -0.2) is 0 Å². The van der Waals surface area contributed by atoms with Crippen LogP contribution in [0, 0.1) is 5.92 Å². The maximum atomic E-state index is 11.7. The van der Waals surface area contributed by atoms with Gasteiger partial charge in [0.2, 0.25) is 11.1 Å². The lowest BCUT2D eigenvalue weighted by Gasteiger charge is -2.18. The summed E-state index contributed by atoms with van der Waals surface area (Å²) in [7, 11) is 0. The zero-order valence-corrected chi connectivity index (χ0v) is 11.4. The van der Waals surface area contributed by atoms with Crippen LogP contribution in [0.25, 0.3) is 0 Å². The number of rotatable bonds is 6. The Kier molecular flexibility index (Phi) is 5.86. The van der Waals surface area contributed by atoms with Crippen LogP contribution in [0.15, 0.2) is 30.3 Å². The van der Waals surface area contributed by atoms with Gasteiger partial charge in [0, 0.05) is 6.42 Å². The van der Waals surface area contributed by atoms with Gasteiger partial charge in [0.25, 0.3) is 0 Å². The molecule has 3 nitrogen and oxygen atoms in total. The van der Waals surface area contributed by atoms with Crippen molar-refractivity contribution in [1.82, 2.24) is 5.32 Å². The number of benzene rings is 1. The Morgan fingerprint density at radius 1 is 1.22 bits per heavy atom. The summed E-state index contributed by atoms with van der Waals surface area (Å²) in [5, 5.41) is 2.15. The molecule has 0 aliphatic heterocycles. The van der Waals surface area contributed by atoms with E-state index >= 15 is 0 Å². The van der Waals surface area contributed by atoms with Crippen LogP contribution in [0.4, 0.5) is 0 Å². The van der Waals surface area contributed by atoms with Gasteiger partial charge in [-0.3, -0.25) is 9.59 Å². The lowest BCUT2D eigenvalue weighted by Crippen LogP contribution is -2.42. The van der Waals surface area contributed by atoms with Crippen LogP contribution in [0.5, 0.6) is 0 Å². The third-order valence-electron chi connectivity index (χ3n) is 2.71. The molecule has 0 fully saturated rings. The minimum atomic E-state index is -0.602. The monoisotopic (exact) mass is 267 g/mol. The standard InChI is InChI=1S/C14H18ClNO2/c1-10(2)13(14(15)18)16-12(17)9-8-11-6-4-3-5-7-11/h3-7,10,13H,8-9H2,1-2H3,(H,16,17). The molecular weight excluding hydrogens is 250 g/mol. The number of hydrogen-bond acceptors (Lipinski definition) is 2. The second-order valence-electron chi connectivity index (χ2n) is 4.58. The molecule has 0 radical (unpaired) electrons. The highest BCUT2D eigenvalue weighted by Crippen LogP contribution is 2.07. The predicted octanol–water partition coefficient (Wildman–Crippen LogP) is 2.53. The SMILES string of the molecule is CC(C)C(NC(=O)CCc1ccccc1)C(=O)Cl. The van der Waals surface area contributed by atoms with Crippen molar-refractivity contribution in [2.75, 3.05) is 0 Å². The van der Waals surface area contributed by atoms with Gasteiger partial charge >= 0.3 is 0 Å². The van der Waals surface area contributed by atoms with Crippen LogP contribution in [0.3, 0.4) is 0 Å². The molecular formula is C14H18ClNO2. The third-order valence-corrected chi connectivity index (χ3v) is 2.95. The summed E-state index contributed by atoms with van der Waals surface area (Å²) in [5.41, 5.74) is 1.10. The molecule has 1 amide bonds. The van der Waals surface area contributed by atoms with E-state index in [0.717, 1.165) is 5.56 Å². The molecule has 0 aromatic heterocycles. The second kappa shape index (κ2) is 7.17. The summed E-state index contributed by atoms with van der Waals surface area (Å²) in [6.45, 7) is 3.70. The minimum Gasteiger partial charge on any atom is -0.345 e. The molecule has 4 heteroatoms. The number of carbonyl (C=O) groups is 2. The van der Waals surface area contributed by atoms with E-state index in [1.54, 1.807) is 0 Å². The Bertz CT molecular complexity index is 404. The van der Waals surface area contributed by atoms with Gasteiger partial charge in [-0.15, -0.1) is 0 Å². The van der Waals surface area contributed by atoms with E-state index in [9.17, 15) is 9.59 Å². The number of amides is 1. The minimum absolute atomic E-state index is 0.00400. The normalized spacial score (nSPS) is 12.2. The fraction of sp³-hybridized carbons (Fsp3) is 0.429. The molecule has 0 saturated carbocycles. The van der Waals surface area contributed by atoms with E-state index in [2.05, 4.69) is 5.32 Å². The van der Waals surface area contributed by atoms with Gasteiger partial charge in [0.1, 0.15) is 6.04 Å². The summed E-state index contributed by atoms with van der Waals surface area (Å²) in [4.78, 5) is 22.9. The maximum Gasteiger partial charge on any atom is 0.244 e. The molecule has 0 aliphatic rings. The van der Waals surface area contributed by atoms with Crippen molar-refractivity contribution < 1.29 is 9.59 Å². The quantitative estimate of drug-likeness (QED) is 0.805. The Morgan fingerprint density at radius 3 is 2.33 bits per heavy atom. The van der Waals surface area contributed by atoms with E-state index in [1.807, 2.05) is 44.2 Å². The van der Waals surface area contributed by atoms with E-state index < -0.39 is 11.3 Å². The fourth-order valence-electron chi connectivity index (χ4n) is 1.63. The highest BCUT2D eigenvalue weighted by Gasteiger charge is 2.21. The summed E-state index contributed by atoms with van der Waals surface area (Å²) >= 11 is 5.45. The number of carbonyl (C=O) groups excluding carboxylic acids is 2. The Morgan fingerprint density at radius 2 is 1.83 bits per heavy atom. The fourth-order valence-corrected chi connectivity index (χ4v) is 1.94. The largest absolute Gasteiger partial charge is 0.345 e. The van der Waals surface area contributed by atoms with E-state index in [0.29, 0.717) is 12.8 Å². The van der Waals surface area contributed by atoms with E-state index in [4.69, 9.17) is 11.6 Å². The number of aryl methyl sites for hydroxylation is 1. The van der Waals surface area contributed by atoms with Crippen molar-refractivity contribution in [3.05, 3.63) is 35.9 Å². The number of hydrogen-bond donors (Lipinski definition) is 1. The lowest BCUT2D eigenvalue weighted by atomic mass is 10.0. The van der Waals surface area contributed by atoms with Crippen molar-refractivity contribution in [2.45, 2.75) is 32.7 Å². The van der Waals surface area contributed by atoms with Gasteiger partial charge < -0.3 is 5.32 Å². The van der Waals surface area contributed by atoms with Crippen LogP contribution in [-0.4, -0.2) is 17.2 Å². The smallest absolute Gasteiger partial charge is 0.244 e. The molecule has 0 heterocycles. The van der Waals surface area contributed by atoms with Crippen LogP contribution in [0.1, 0.15) is 25.8 Å². The van der Waals surface area contributed by atoms with Crippen molar-refractivity contribution in [1.29, 1.82) is 0 Å². The first-order valence-electron chi connectivity index (χ1n) is 6.03. The molecule has 1 aromatic carbocycles. The van der Waals surface area contributed by atoms with Gasteiger partial charge in [-0.2, -0.15) is 0 Å². The molecule has 98 valence electrons.